The number of hydrogen-bond acceptors (Lipinski definition) is 7. The van der Waals surface area contributed by atoms with Crippen LogP contribution in [-0.4, -0.2) is 65.9 Å². The van der Waals surface area contributed by atoms with Crippen LogP contribution in [0.4, 0.5) is 18.9 Å². The molecular formula is C26H32F3N7O3. The fraction of sp³-hybridized carbons (Fsp3) is 0.308. The predicted octanol–water partition coefficient (Wildman–Crippen LogP) is 1.13. The number of alkyl halides is 3. The van der Waals surface area contributed by atoms with Gasteiger partial charge in [0.05, 0.1) is 23.1 Å². The Hall–Kier alpha value is -4.07. The molecule has 0 fully saturated rings. The Kier molecular flexibility index (Phi) is 11.3. The van der Waals surface area contributed by atoms with Crippen molar-refractivity contribution in [1.29, 1.82) is 0 Å². The zero-order valence-corrected chi connectivity index (χ0v) is 21.2. The van der Waals surface area contributed by atoms with E-state index in [0.717, 1.165) is 12.1 Å². The van der Waals surface area contributed by atoms with Gasteiger partial charge in [-0.15, -0.1) is 0 Å². The van der Waals surface area contributed by atoms with Crippen molar-refractivity contribution in [2.45, 2.75) is 24.7 Å². The third-order valence-corrected chi connectivity index (χ3v) is 5.64. The Balaban J connectivity index is 2.31. The highest BCUT2D eigenvalue weighted by atomic mass is 19.4. The van der Waals surface area contributed by atoms with E-state index >= 15 is 0 Å². The number of pyridine rings is 1. The van der Waals surface area contributed by atoms with Crippen molar-refractivity contribution in [3.8, 4) is 0 Å². The minimum Gasteiger partial charge on any atom is -0.342 e. The highest BCUT2D eigenvalue weighted by Gasteiger charge is 2.32. The average molecular weight is 548 g/mol. The number of aromatic nitrogens is 1. The van der Waals surface area contributed by atoms with Crippen LogP contribution in [-0.2, 0) is 27.0 Å². The van der Waals surface area contributed by atoms with Gasteiger partial charge in [-0.25, -0.2) is 0 Å². The number of carbonyl (C=O) groups excluding carboxylic acids is 3. The van der Waals surface area contributed by atoms with Crippen molar-refractivity contribution >= 4 is 35.6 Å². The van der Waals surface area contributed by atoms with Crippen LogP contribution in [0.25, 0.3) is 12.2 Å². The van der Waals surface area contributed by atoms with Crippen molar-refractivity contribution in [3.63, 3.8) is 0 Å². The molecule has 0 bridgehead atoms. The molecule has 0 saturated heterocycles. The summed E-state index contributed by atoms with van der Waals surface area (Å²) in [4.78, 5) is 44.3. The van der Waals surface area contributed by atoms with Gasteiger partial charge in [0.2, 0.25) is 17.7 Å². The molecule has 0 radical (unpaired) electrons. The van der Waals surface area contributed by atoms with E-state index in [2.05, 4.69) is 28.8 Å². The number of hydrogen-bond donors (Lipinski definition) is 5. The van der Waals surface area contributed by atoms with E-state index in [1.807, 2.05) is 0 Å². The van der Waals surface area contributed by atoms with Gasteiger partial charge >= 0.3 is 6.18 Å². The number of amides is 3. The molecule has 1 aromatic carbocycles. The first kappa shape index (κ1) is 31.1. The maximum Gasteiger partial charge on any atom is 0.416 e. The van der Waals surface area contributed by atoms with E-state index in [0.29, 0.717) is 16.8 Å². The zero-order chi connectivity index (χ0) is 29.2. The molecule has 2 rings (SSSR count). The molecule has 2 aromatic rings. The summed E-state index contributed by atoms with van der Waals surface area (Å²) < 4.78 is 38.9. The van der Waals surface area contributed by atoms with Crippen LogP contribution < -0.4 is 27.8 Å². The van der Waals surface area contributed by atoms with Gasteiger partial charge in [0, 0.05) is 38.2 Å². The Morgan fingerprint density at radius 1 is 1.03 bits per heavy atom. The third-order valence-electron chi connectivity index (χ3n) is 5.64. The standard InChI is InChI=1S/C26H32F3N7O3/c1-3-17-14-19(15-33-20(17)4-2)34-23(37)21(13-16-5-7-18(8-6-16)26(27,28)29)35-24(38)22(32)25(39)36(11-9-30)12-10-31/h3-8,14-15,21-22H,1-2,9-13,30-32H2,(H,34,37)(H,35,38). The second-order valence-electron chi connectivity index (χ2n) is 8.44. The lowest BCUT2D eigenvalue weighted by atomic mass is 10.0. The maximum atomic E-state index is 13.2. The topological polar surface area (TPSA) is 169 Å². The molecule has 2 unspecified atom stereocenters. The summed E-state index contributed by atoms with van der Waals surface area (Å²) in [6, 6.07) is 2.73. The Labute approximate surface area is 224 Å². The van der Waals surface area contributed by atoms with Gasteiger partial charge < -0.3 is 32.7 Å². The molecular weight excluding hydrogens is 515 g/mol. The highest BCUT2D eigenvalue weighted by molar-refractivity contribution is 6.06. The number of carbonyl (C=O) groups is 3. The lowest BCUT2D eigenvalue weighted by Gasteiger charge is -2.26. The second kappa shape index (κ2) is 14.2. The summed E-state index contributed by atoms with van der Waals surface area (Å²) in [5.41, 5.74) is 17.7. The van der Waals surface area contributed by atoms with Gasteiger partial charge in [0.1, 0.15) is 6.04 Å². The van der Waals surface area contributed by atoms with E-state index in [-0.39, 0.29) is 38.3 Å². The number of nitrogens with two attached hydrogens (primary N) is 3. The van der Waals surface area contributed by atoms with Gasteiger partial charge in [0.25, 0.3) is 0 Å². The van der Waals surface area contributed by atoms with Crippen LogP contribution in [0.3, 0.4) is 0 Å². The van der Waals surface area contributed by atoms with Crippen LogP contribution in [0, 0.1) is 0 Å². The lowest BCUT2D eigenvalue weighted by Crippen LogP contribution is -2.57. The van der Waals surface area contributed by atoms with Crippen molar-refractivity contribution in [2.24, 2.45) is 17.2 Å². The number of benzene rings is 1. The van der Waals surface area contributed by atoms with Gasteiger partial charge in [-0.3, -0.25) is 19.4 Å². The smallest absolute Gasteiger partial charge is 0.342 e. The number of nitrogens with one attached hydrogen (secondary N) is 2. The fourth-order valence-corrected chi connectivity index (χ4v) is 3.61. The molecule has 0 aliphatic heterocycles. The van der Waals surface area contributed by atoms with Gasteiger partial charge in [-0.1, -0.05) is 31.4 Å². The van der Waals surface area contributed by atoms with Crippen molar-refractivity contribution in [3.05, 3.63) is 72.1 Å². The normalized spacial score (nSPS) is 12.7. The molecule has 1 heterocycles. The Morgan fingerprint density at radius 3 is 2.15 bits per heavy atom. The molecule has 1 aromatic heterocycles. The summed E-state index contributed by atoms with van der Waals surface area (Å²) >= 11 is 0. The third kappa shape index (κ3) is 8.74. The molecule has 0 saturated carbocycles. The Bertz CT molecular complexity index is 1180. The molecule has 39 heavy (non-hydrogen) atoms. The summed E-state index contributed by atoms with van der Waals surface area (Å²) in [5.74, 6) is -2.42. The highest BCUT2D eigenvalue weighted by Crippen LogP contribution is 2.29. The minimum absolute atomic E-state index is 0.115. The quantitative estimate of drug-likeness (QED) is 0.234. The van der Waals surface area contributed by atoms with Crippen molar-refractivity contribution < 1.29 is 27.6 Å². The average Bonchev–Trinajstić information content (AvgIpc) is 2.91. The lowest BCUT2D eigenvalue weighted by molar-refractivity contribution is -0.139. The molecule has 210 valence electrons. The van der Waals surface area contributed by atoms with E-state index in [4.69, 9.17) is 17.2 Å². The van der Waals surface area contributed by atoms with E-state index < -0.39 is 41.5 Å². The first-order valence-corrected chi connectivity index (χ1v) is 11.9. The SMILES string of the molecule is C=Cc1cc(NC(=O)C(Cc2ccc(C(F)(F)F)cc2)NC(=O)C(N)C(=O)N(CCN)CCN)cnc1C=C. The molecule has 0 spiro atoms. The molecule has 13 heteroatoms. The van der Waals surface area contributed by atoms with E-state index in [9.17, 15) is 27.6 Å². The first-order valence-electron chi connectivity index (χ1n) is 11.9. The molecule has 10 nitrogen and oxygen atoms in total. The first-order chi connectivity index (χ1) is 18.4. The number of rotatable bonds is 13. The van der Waals surface area contributed by atoms with Crippen LogP contribution in [0.1, 0.15) is 22.4 Å². The molecule has 2 atom stereocenters. The van der Waals surface area contributed by atoms with Crippen LogP contribution >= 0.6 is 0 Å². The number of halogens is 3. The minimum atomic E-state index is -4.54. The van der Waals surface area contributed by atoms with Gasteiger partial charge in [-0.2, -0.15) is 13.2 Å². The van der Waals surface area contributed by atoms with Crippen LogP contribution in [0.15, 0.2) is 49.7 Å². The Morgan fingerprint density at radius 2 is 1.64 bits per heavy atom. The molecule has 8 N–H and O–H groups in total. The largest absolute Gasteiger partial charge is 0.416 e. The molecule has 0 aliphatic carbocycles. The van der Waals surface area contributed by atoms with E-state index in [1.165, 1.54) is 35.4 Å². The summed E-state index contributed by atoms with van der Waals surface area (Å²) in [6.07, 6.45) is -0.347. The molecule has 3 amide bonds. The summed E-state index contributed by atoms with van der Waals surface area (Å²) in [5, 5.41) is 5.05. The van der Waals surface area contributed by atoms with Gasteiger partial charge in [0.15, 0.2) is 6.04 Å². The maximum absolute atomic E-state index is 13.2. The number of nitrogens with zero attached hydrogens (tertiary/aromatic N) is 2. The summed E-state index contributed by atoms with van der Waals surface area (Å²) in [6.45, 7) is 7.81. The van der Waals surface area contributed by atoms with Crippen LogP contribution in [0.2, 0.25) is 0 Å². The van der Waals surface area contributed by atoms with Gasteiger partial charge in [-0.05, 0) is 29.8 Å². The van der Waals surface area contributed by atoms with Crippen LogP contribution in [0.5, 0.6) is 0 Å². The monoisotopic (exact) mass is 547 g/mol. The summed E-state index contributed by atoms with van der Waals surface area (Å²) in [7, 11) is 0. The van der Waals surface area contributed by atoms with E-state index in [1.54, 1.807) is 6.07 Å². The predicted molar refractivity (Wildman–Crippen MR) is 143 cm³/mol. The zero-order valence-electron chi connectivity index (χ0n) is 21.2. The van der Waals surface area contributed by atoms with Crippen molar-refractivity contribution in [1.82, 2.24) is 15.2 Å². The number of anilines is 1. The molecule has 0 aliphatic rings. The fourth-order valence-electron chi connectivity index (χ4n) is 3.61. The van der Waals surface area contributed by atoms with Crippen molar-refractivity contribution in [2.75, 3.05) is 31.5 Å². The second-order valence-corrected chi connectivity index (χ2v) is 8.44.